The highest BCUT2D eigenvalue weighted by Crippen LogP contribution is 2.46. The van der Waals surface area contributed by atoms with E-state index < -0.39 is 0 Å². The molecular weight excluding hydrogens is 294 g/mol. The monoisotopic (exact) mass is 311 g/mol. The third-order valence-electron chi connectivity index (χ3n) is 4.02. The van der Waals surface area contributed by atoms with Crippen molar-refractivity contribution < 1.29 is 9.47 Å². The number of rotatable bonds is 2. The summed E-state index contributed by atoms with van der Waals surface area (Å²) in [4.78, 5) is 0. The van der Waals surface area contributed by atoms with Crippen LogP contribution in [0.15, 0.2) is 10.5 Å². The molecule has 0 aliphatic carbocycles. The van der Waals surface area contributed by atoms with Gasteiger partial charge >= 0.3 is 0 Å². The molecule has 1 aromatic carbocycles. The van der Waals surface area contributed by atoms with Gasteiger partial charge in [0.05, 0.1) is 4.47 Å². The fraction of sp³-hybridized carbons (Fsp3) is 0.571. The number of nitrogens with one attached hydrogen (secondary N) is 1. The van der Waals surface area contributed by atoms with E-state index in [1.165, 1.54) is 24.0 Å². The van der Waals surface area contributed by atoms with Crippen LogP contribution in [0.4, 0.5) is 0 Å². The zero-order chi connectivity index (χ0) is 12.8. The first kappa shape index (κ1) is 12.3. The molecule has 2 aliphatic heterocycles. The van der Waals surface area contributed by atoms with Crippen molar-refractivity contribution in [2.75, 3.05) is 13.3 Å². The van der Waals surface area contributed by atoms with Gasteiger partial charge < -0.3 is 14.8 Å². The average molecular weight is 312 g/mol. The van der Waals surface area contributed by atoms with Gasteiger partial charge in [-0.25, -0.2) is 0 Å². The lowest BCUT2D eigenvalue weighted by atomic mass is 9.85. The summed E-state index contributed by atoms with van der Waals surface area (Å²) in [6.07, 6.45) is 3.39. The third-order valence-corrected chi connectivity index (χ3v) is 4.86. The van der Waals surface area contributed by atoms with Crippen molar-refractivity contribution in [3.8, 4) is 11.5 Å². The van der Waals surface area contributed by atoms with Gasteiger partial charge in [0.2, 0.25) is 6.79 Å². The Bertz CT molecular complexity index is 481. The fourth-order valence-corrected chi connectivity index (χ4v) is 3.81. The maximum Gasteiger partial charge on any atom is 0.231 e. The average Bonchev–Trinajstić information content (AvgIpc) is 2.98. The molecule has 4 heteroatoms. The minimum atomic E-state index is 0.0643. The maximum atomic E-state index is 5.54. The van der Waals surface area contributed by atoms with E-state index in [0.29, 0.717) is 6.79 Å². The van der Waals surface area contributed by atoms with E-state index in [9.17, 15) is 0 Å². The molecular formula is C14H18BrNO2. The lowest BCUT2D eigenvalue weighted by Crippen LogP contribution is -2.34. The van der Waals surface area contributed by atoms with E-state index in [1.807, 2.05) is 0 Å². The third kappa shape index (κ3) is 1.74. The molecule has 0 aromatic heterocycles. The molecule has 0 amide bonds. The largest absolute Gasteiger partial charge is 0.454 e. The normalized spacial score (nSPS) is 25.7. The van der Waals surface area contributed by atoms with Crippen LogP contribution in [-0.4, -0.2) is 13.3 Å². The second-order valence-corrected chi connectivity index (χ2v) is 5.96. The van der Waals surface area contributed by atoms with E-state index in [2.05, 4.69) is 41.2 Å². The van der Waals surface area contributed by atoms with Crippen LogP contribution in [0, 0.1) is 0 Å². The number of halogens is 1. The predicted molar refractivity (Wildman–Crippen MR) is 74.2 cm³/mol. The molecule has 0 bridgehead atoms. The van der Waals surface area contributed by atoms with Gasteiger partial charge in [-0.15, -0.1) is 0 Å². The summed E-state index contributed by atoms with van der Waals surface area (Å²) >= 11 is 3.68. The molecule has 1 atom stereocenters. The van der Waals surface area contributed by atoms with Gasteiger partial charge in [-0.05, 0) is 65.9 Å². The number of fused-ring (bicyclic) bond motifs is 1. The smallest absolute Gasteiger partial charge is 0.231 e. The van der Waals surface area contributed by atoms with E-state index in [1.54, 1.807) is 0 Å². The van der Waals surface area contributed by atoms with E-state index in [-0.39, 0.29) is 5.54 Å². The molecule has 1 aromatic rings. The maximum absolute atomic E-state index is 5.54. The summed E-state index contributed by atoms with van der Waals surface area (Å²) in [6, 6.07) is 2.16. The van der Waals surface area contributed by atoms with Gasteiger partial charge in [0.15, 0.2) is 11.5 Å². The number of hydrogen-bond acceptors (Lipinski definition) is 3. The lowest BCUT2D eigenvalue weighted by molar-refractivity contribution is 0.173. The summed E-state index contributed by atoms with van der Waals surface area (Å²) in [7, 11) is 0. The Morgan fingerprint density at radius 1 is 1.44 bits per heavy atom. The van der Waals surface area contributed by atoms with Crippen LogP contribution in [0.5, 0.6) is 11.5 Å². The van der Waals surface area contributed by atoms with E-state index in [4.69, 9.17) is 9.47 Å². The van der Waals surface area contributed by atoms with Crippen molar-refractivity contribution in [2.45, 2.75) is 38.6 Å². The molecule has 98 valence electrons. The Hall–Kier alpha value is -0.740. The van der Waals surface area contributed by atoms with Crippen LogP contribution in [0.2, 0.25) is 0 Å². The number of ether oxygens (including phenoxy) is 2. The van der Waals surface area contributed by atoms with E-state index >= 15 is 0 Å². The Labute approximate surface area is 116 Å². The Morgan fingerprint density at radius 2 is 2.28 bits per heavy atom. The molecule has 1 unspecified atom stereocenters. The minimum absolute atomic E-state index is 0.0643. The first-order valence-electron chi connectivity index (χ1n) is 6.52. The van der Waals surface area contributed by atoms with Crippen molar-refractivity contribution in [3.63, 3.8) is 0 Å². The van der Waals surface area contributed by atoms with Crippen molar-refractivity contribution in [1.82, 2.24) is 5.32 Å². The first-order valence-corrected chi connectivity index (χ1v) is 7.31. The van der Waals surface area contributed by atoms with Crippen molar-refractivity contribution >= 4 is 15.9 Å². The molecule has 0 radical (unpaired) electrons. The highest BCUT2D eigenvalue weighted by Gasteiger charge is 2.35. The second-order valence-electron chi connectivity index (χ2n) is 5.17. The highest BCUT2D eigenvalue weighted by atomic mass is 79.9. The minimum Gasteiger partial charge on any atom is -0.454 e. The van der Waals surface area contributed by atoms with Crippen molar-refractivity contribution in [3.05, 3.63) is 21.7 Å². The van der Waals surface area contributed by atoms with Gasteiger partial charge in [0, 0.05) is 5.54 Å². The highest BCUT2D eigenvalue weighted by molar-refractivity contribution is 9.10. The summed E-state index contributed by atoms with van der Waals surface area (Å²) in [5.74, 6) is 1.72. The van der Waals surface area contributed by atoms with Gasteiger partial charge in [-0.2, -0.15) is 0 Å². The topological polar surface area (TPSA) is 30.5 Å². The number of hydrogen-bond donors (Lipinski definition) is 1. The fourth-order valence-electron chi connectivity index (χ4n) is 3.00. The molecule has 3 nitrogen and oxygen atoms in total. The molecule has 0 spiro atoms. The standard InChI is InChI=1S/C14H18BrNO2/c1-3-9-10(14(2)5-4-6-16-14)7-11-13(12(9)15)18-8-17-11/h7,16H,3-6,8H2,1-2H3. The Kier molecular flexibility index (Phi) is 3.02. The van der Waals surface area contributed by atoms with Crippen LogP contribution in [0.3, 0.4) is 0 Å². The molecule has 1 N–H and O–H groups in total. The van der Waals surface area contributed by atoms with Gasteiger partial charge in [-0.1, -0.05) is 6.92 Å². The Balaban J connectivity index is 2.16. The van der Waals surface area contributed by atoms with Crippen LogP contribution in [-0.2, 0) is 12.0 Å². The van der Waals surface area contributed by atoms with Gasteiger partial charge in [-0.3, -0.25) is 0 Å². The molecule has 3 rings (SSSR count). The molecule has 0 saturated carbocycles. The zero-order valence-corrected chi connectivity index (χ0v) is 12.4. The predicted octanol–water partition coefficient (Wildman–Crippen LogP) is 3.34. The molecule has 2 aliphatic rings. The van der Waals surface area contributed by atoms with E-state index in [0.717, 1.165) is 28.9 Å². The summed E-state index contributed by atoms with van der Waals surface area (Å²) in [5.41, 5.74) is 2.74. The number of benzene rings is 1. The lowest BCUT2D eigenvalue weighted by Gasteiger charge is -2.28. The zero-order valence-electron chi connectivity index (χ0n) is 10.8. The van der Waals surface area contributed by atoms with Crippen LogP contribution >= 0.6 is 15.9 Å². The summed E-state index contributed by atoms with van der Waals surface area (Å²) in [5, 5.41) is 3.63. The second kappa shape index (κ2) is 4.42. The van der Waals surface area contributed by atoms with Crippen LogP contribution in [0.25, 0.3) is 0 Å². The molecule has 2 heterocycles. The molecule has 1 saturated heterocycles. The SMILES string of the molecule is CCc1c(C2(C)CCCN2)cc2c(c1Br)OCO2. The Morgan fingerprint density at radius 3 is 2.94 bits per heavy atom. The quantitative estimate of drug-likeness (QED) is 0.908. The van der Waals surface area contributed by atoms with Gasteiger partial charge in [0.1, 0.15) is 0 Å². The first-order chi connectivity index (χ1) is 8.65. The molecule has 18 heavy (non-hydrogen) atoms. The van der Waals surface area contributed by atoms with Crippen molar-refractivity contribution in [2.24, 2.45) is 0 Å². The van der Waals surface area contributed by atoms with Crippen LogP contribution < -0.4 is 14.8 Å². The van der Waals surface area contributed by atoms with Gasteiger partial charge in [0.25, 0.3) is 0 Å². The summed E-state index contributed by atoms with van der Waals surface area (Å²) in [6.45, 7) is 5.88. The van der Waals surface area contributed by atoms with Crippen LogP contribution in [0.1, 0.15) is 37.8 Å². The summed E-state index contributed by atoms with van der Waals surface area (Å²) < 4.78 is 12.1. The van der Waals surface area contributed by atoms with Crippen molar-refractivity contribution in [1.29, 1.82) is 0 Å². The molecule has 1 fully saturated rings.